The number of halogens is 1. The number of nitrogens with one attached hydrogen (secondary N) is 2. The van der Waals surface area contributed by atoms with Crippen LogP contribution in [-0.2, 0) is 12.6 Å². The van der Waals surface area contributed by atoms with Gasteiger partial charge in [-0.3, -0.25) is 14.6 Å². The van der Waals surface area contributed by atoms with Crippen LogP contribution in [0.3, 0.4) is 0 Å². The zero-order chi connectivity index (χ0) is 20.9. The van der Waals surface area contributed by atoms with Crippen LogP contribution in [0.15, 0.2) is 17.4 Å². The molecule has 2 rings (SSSR count). The molecule has 2 heterocycles. The van der Waals surface area contributed by atoms with Crippen molar-refractivity contribution < 1.29 is 5.11 Å². The molecular weight excluding hydrogens is 479 g/mol. The van der Waals surface area contributed by atoms with Crippen molar-refractivity contribution >= 4 is 29.9 Å². The second kappa shape index (κ2) is 10.9. The average Bonchev–Trinajstić information content (AvgIpc) is 3.04. The quantitative estimate of drug-likeness (QED) is 0.293. The van der Waals surface area contributed by atoms with Gasteiger partial charge >= 0.3 is 0 Å². The predicted octanol–water partition coefficient (Wildman–Crippen LogP) is 2.56. The number of aliphatic imine (C=N–C) groups is 1. The number of piperidine rings is 1. The van der Waals surface area contributed by atoms with Gasteiger partial charge in [-0.05, 0) is 46.0 Å². The van der Waals surface area contributed by atoms with E-state index in [0.29, 0.717) is 13.1 Å². The molecule has 1 saturated heterocycles. The maximum atomic E-state index is 10.8. The molecule has 1 aliphatic rings. The molecule has 29 heavy (non-hydrogen) atoms. The lowest BCUT2D eigenvalue weighted by molar-refractivity contribution is 0.0510. The molecule has 1 fully saturated rings. The monoisotopic (exact) mass is 520 g/mol. The third-order valence-corrected chi connectivity index (χ3v) is 5.62. The van der Waals surface area contributed by atoms with Gasteiger partial charge in [-0.15, -0.1) is 24.0 Å². The highest BCUT2D eigenvalue weighted by atomic mass is 127. The number of nitrogens with zero attached hydrogens (tertiary/aromatic N) is 4. The van der Waals surface area contributed by atoms with E-state index in [9.17, 15) is 5.11 Å². The highest BCUT2D eigenvalue weighted by Crippen LogP contribution is 2.27. The number of guanidine groups is 1. The van der Waals surface area contributed by atoms with Crippen LogP contribution in [-0.4, -0.2) is 64.0 Å². The van der Waals surface area contributed by atoms with Crippen LogP contribution in [0.2, 0.25) is 0 Å². The van der Waals surface area contributed by atoms with Crippen molar-refractivity contribution in [1.82, 2.24) is 25.3 Å². The Morgan fingerprint density at radius 3 is 2.38 bits per heavy atom. The number of rotatable bonds is 7. The highest BCUT2D eigenvalue weighted by molar-refractivity contribution is 14.0. The number of hydrogen-bond donors (Lipinski definition) is 3. The molecule has 1 aliphatic heterocycles. The van der Waals surface area contributed by atoms with Crippen LogP contribution in [0.5, 0.6) is 0 Å². The van der Waals surface area contributed by atoms with Crippen molar-refractivity contribution in [2.75, 3.05) is 32.7 Å². The van der Waals surface area contributed by atoms with E-state index >= 15 is 0 Å². The van der Waals surface area contributed by atoms with Gasteiger partial charge in [-0.1, -0.05) is 13.8 Å². The van der Waals surface area contributed by atoms with Gasteiger partial charge < -0.3 is 15.7 Å². The number of aryl methyl sites for hydroxylation is 1. The van der Waals surface area contributed by atoms with Crippen molar-refractivity contribution in [3.8, 4) is 0 Å². The van der Waals surface area contributed by atoms with Crippen molar-refractivity contribution in [3.63, 3.8) is 0 Å². The molecule has 0 bridgehead atoms. The van der Waals surface area contributed by atoms with Crippen LogP contribution in [0.4, 0.5) is 0 Å². The summed E-state index contributed by atoms with van der Waals surface area (Å²) in [7, 11) is 1.85. The zero-order valence-electron chi connectivity index (χ0n) is 19.2. The number of aromatic nitrogens is 2. The lowest BCUT2D eigenvalue weighted by Crippen LogP contribution is -2.53. The Bertz CT molecular complexity index is 647. The summed E-state index contributed by atoms with van der Waals surface area (Å²) in [6.07, 6.45) is 4.85. The van der Waals surface area contributed by atoms with E-state index in [-0.39, 0.29) is 29.5 Å². The van der Waals surface area contributed by atoms with Crippen LogP contribution in [0.25, 0.3) is 0 Å². The summed E-state index contributed by atoms with van der Waals surface area (Å²) >= 11 is 0. The molecule has 7 nitrogen and oxygen atoms in total. The molecule has 0 spiro atoms. The summed E-state index contributed by atoms with van der Waals surface area (Å²) in [5, 5.41) is 21.5. The van der Waals surface area contributed by atoms with E-state index in [1.54, 1.807) is 17.8 Å². The smallest absolute Gasteiger partial charge is 0.191 e. The first-order valence-corrected chi connectivity index (χ1v) is 10.5. The van der Waals surface area contributed by atoms with Gasteiger partial charge in [-0.25, -0.2) is 0 Å². The molecule has 0 radical (unpaired) electrons. The Balaban J connectivity index is 0.00000420. The Hall–Kier alpha value is -0.870. The Morgan fingerprint density at radius 1 is 1.24 bits per heavy atom. The third kappa shape index (κ3) is 7.71. The minimum absolute atomic E-state index is 0. The fraction of sp³-hybridized carbons (Fsp3) is 0.810. The SMILES string of the molecule is CCNC(=NCC(C)(C)N1CC(C)CC(C)C1)NCC(C)(O)c1cnn(C)c1.I. The summed E-state index contributed by atoms with van der Waals surface area (Å²) in [5.41, 5.74) is -0.232. The average molecular weight is 521 g/mol. The van der Waals surface area contributed by atoms with Gasteiger partial charge in [0.05, 0.1) is 19.3 Å². The first-order valence-electron chi connectivity index (χ1n) is 10.5. The fourth-order valence-electron chi connectivity index (χ4n) is 3.93. The Morgan fingerprint density at radius 2 is 1.86 bits per heavy atom. The Kier molecular flexibility index (Phi) is 9.88. The normalized spacial score (nSPS) is 23.2. The van der Waals surface area contributed by atoms with E-state index in [1.165, 1.54) is 6.42 Å². The summed E-state index contributed by atoms with van der Waals surface area (Å²) in [5.74, 6) is 2.19. The van der Waals surface area contributed by atoms with Crippen molar-refractivity contribution in [1.29, 1.82) is 0 Å². The van der Waals surface area contributed by atoms with E-state index in [0.717, 1.165) is 43.0 Å². The molecule has 0 aliphatic carbocycles. The highest BCUT2D eigenvalue weighted by Gasteiger charge is 2.32. The molecular formula is C21H41IN6O. The predicted molar refractivity (Wildman–Crippen MR) is 131 cm³/mol. The van der Waals surface area contributed by atoms with Crippen LogP contribution in [0.1, 0.15) is 53.5 Å². The standard InChI is InChI=1S/C21H40N6O.HI/c1-8-22-19(24-15-21(6,28)18-10-25-26(7)13-18)23-14-20(4,5)27-11-16(2)9-17(3)12-27;/h10,13,16-17,28H,8-9,11-12,14-15H2,1-7H3,(H2,22,23,24);1H. The number of hydrogen-bond acceptors (Lipinski definition) is 4. The lowest BCUT2D eigenvalue weighted by Gasteiger charge is -2.44. The minimum atomic E-state index is -1.02. The van der Waals surface area contributed by atoms with Gasteiger partial charge in [0.15, 0.2) is 5.96 Å². The maximum Gasteiger partial charge on any atom is 0.191 e. The van der Waals surface area contributed by atoms with Crippen molar-refractivity contribution in [2.45, 2.75) is 59.1 Å². The second-order valence-electron chi connectivity index (χ2n) is 9.39. The summed E-state index contributed by atoms with van der Waals surface area (Å²) in [6, 6.07) is 0. The summed E-state index contributed by atoms with van der Waals surface area (Å²) in [4.78, 5) is 7.41. The molecule has 1 aromatic heterocycles. The summed E-state index contributed by atoms with van der Waals surface area (Å²) in [6.45, 7) is 17.2. The van der Waals surface area contributed by atoms with Crippen LogP contribution < -0.4 is 10.6 Å². The van der Waals surface area contributed by atoms with Gasteiger partial charge in [0.2, 0.25) is 0 Å². The fourth-order valence-corrected chi connectivity index (χ4v) is 3.93. The minimum Gasteiger partial charge on any atom is -0.383 e. The molecule has 3 atom stereocenters. The molecule has 168 valence electrons. The molecule has 3 unspecified atom stereocenters. The molecule has 1 aromatic rings. The lowest BCUT2D eigenvalue weighted by atomic mass is 9.88. The van der Waals surface area contributed by atoms with Gasteiger partial charge in [0.25, 0.3) is 0 Å². The number of likely N-dealkylation sites (tertiary alicyclic amines) is 1. The molecule has 0 aromatic carbocycles. The third-order valence-electron chi connectivity index (χ3n) is 5.62. The van der Waals surface area contributed by atoms with Crippen molar-refractivity contribution in [2.24, 2.45) is 23.9 Å². The van der Waals surface area contributed by atoms with Gasteiger partial charge in [0, 0.05) is 44.0 Å². The maximum absolute atomic E-state index is 10.8. The van der Waals surface area contributed by atoms with Gasteiger partial charge in [-0.2, -0.15) is 5.10 Å². The van der Waals surface area contributed by atoms with Crippen LogP contribution >= 0.6 is 24.0 Å². The van der Waals surface area contributed by atoms with E-state index in [2.05, 4.69) is 55.3 Å². The van der Waals surface area contributed by atoms with Crippen LogP contribution in [0, 0.1) is 11.8 Å². The first-order chi connectivity index (χ1) is 13.0. The van der Waals surface area contributed by atoms with E-state index in [1.807, 2.05) is 13.2 Å². The molecule has 0 saturated carbocycles. The topological polar surface area (TPSA) is 77.7 Å². The zero-order valence-corrected chi connectivity index (χ0v) is 21.5. The molecule has 8 heteroatoms. The number of aliphatic hydroxyl groups is 1. The van der Waals surface area contributed by atoms with Gasteiger partial charge in [0.1, 0.15) is 5.60 Å². The second-order valence-corrected chi connectivity index (χ2v) is 9.39. The van der Waals surface area contributed by atoms with E-state index in [4.69, 9.17) is 4.99 Å². The van der Waals surface area contributed by atoms with E-state index < -0.39 is 5.60 Å². The molecule has 3 N–H and O–H groups in total. The molecule has 0 amide bonds. The van der Waals surface area contributed by atoms with Crippen molar-refractivity contribution in [3.05, 3.63) is 18.0 Å². The largest absolute Gasteiger partial charge is 0.383 e. The first kappa shape index (κ1) is 26.2. The summed E-state index contributed by atoms with van der Waals surface area (Å²) < 4.78 is 1.70. The Labute approximate surface area is 193 Å².